The first-order valence-corrected chi connectivity index (χ1v) is 13.7. The lowest BCUT2D eigenvalue weighted by Crippen LogP contribution is -2.27. The molecule has 5 rings (SSSR count). The van der Waals surface area contributed by atoms with Gasteiger partial charge in [0, 0.05) is 29.6 Å². The van der Waals surface area contributed by atoms with Crippen LogP contribution in [0.25, 0.3) is 22.5 Å². The van der Waals surface area contributed by atoms with E-state index in [1.165, 1.54) is 12.5 Å². The third-order valence-electron chi connectivity index (χ3n) is 6.35. The fourth-order valence-electron chi connectivity index (χ4n) is 4.28. The van der Waals surface area contributed by atoms with Crippen molar-refractivity contribution in [1.29, 1.82) is 0 Å². The summed E-state index contributed by atoms with van der Waals surface area (Å²) in [6, 6.07) is 20.3. The van der Waals surface area contributed by atoms with Crippen LogP contribution in [0.5, 0.6) is 11.5 Å². The van der Waals surface area contributed by atoms with Crippen molar-refractivity contribution < 1.29 is 18.5 Å². The molecule has 0 spiro atoms. The number of carbonyl (C=O) groups is 1. The van der Waals surface area contributed by atoms with E-state index in [1.54, 1.807) is 38.6 Å². The van der Waals surface area contributed by atoms with Crippen molar-refractivity contribution in [2.45, 2.75) is 18.2 Å². The van der Waals surface area contributed by atoms with Gasteiger partial charge in [0.1, 0.15) is 11.5 Å². The lowest BCUT2D eigenvalue weighted by Gasteiger charge is -2.14. The minimum atomic E-state index is -1.87. The van der Waals surface area contributed by atoms with Crippen LogP contribution in [0, 0.1) is 6.92 Å². The molecule has 2 heterocycles. The van der Waals surface area contributed by atoms with Crippen molar-refractivity contribution in [3.05, 3.63) is 108 Å². The Morgan fingerprint density at radius 1 is 0.878 bits per heavy atom. The largest absolute Gasteiger partial charge is 0.497 e. The molecule has 0 aliphatic heterocycles. The van der Waals surface area contributed by atoms with Gasteiger partial charge in [-0.2, -0.15) is 0 Å². The van der Waals surface area contributed by atoms with Gasteiger partial charge in [0.05, 0.1) is 24.7 Å². The molecular formula is C30H26N6O4S. The Morgan fingerprint density at radius 3 is 2.27 bits per heavy atom. The third kappa shape index (κ3) is 6.42. The number of ether oxygens (including phenoxy) is 2. The van der Waals surface area contributed by atoms with Crippen molar-refractivity contribution in [1.82, 2.24) is 30.1 Å². The number of carbonyl (C=O) groups excluding carboxylic acids is 1. The van der Waals surface area contributed by atoms with Crippen LogP contribution in [0.15, 0.2) is 90.3 Å². The quantitative estimate of drug-likeness (QED) is 0.277. The smallest absolute Gasteiger partial charge is 0.265 e. The maximum Gasteiger partial charge on any atom is 0.265 e. The topological polar surface area (TPSA) is 129 Å². The number of hydrogen-bond acceptors (Lipinski definition) is 9. The van der Waals surface area contributed by atoms with E-state index in [0.29, 0.717) is 39.8 Å². The van der Waals surface area contributed by atoms with E-state index >= 15 is 0 Å². The molecule has 1 unspecified atom stereocenters. The summed E-state index contributed by atoms with van der Waals surface area (Å²) < 4.78 is 27.1. The Balaban J connectivity index is 1.38. The molecule has 1 amide bonds. The molecule has 41 heavy (non-hydrogen) atoms. The highest BCUT2D eigenvalue weighted by Crippen LogP contribution is 2.33. The fraction of sp³-hybridized carbons (Fsp3) is 0.133. The number of hydrogen-bond donors (Lipinski definition) is 1. The van der Waals surface area contributed by atoms with Crippen LogP contribution in [0.2, 0.25) is 0 Å². The van der Waals surface area contributed by atoms with E-state index in [-0.39, 0.29) is 0 Å². The molecule has 1 N–H and O–H groups in total. The van der Waals surface area contributed by atoms with Crippen molar-refractivity contribution in [2.24, 2.45) is 0 Å². The minimum absolute atomic E-state index is 0.335. The van der Waals surface area contributed by atoms with Gasteiger partial charge in [0.25, 0.3) is 5.91 Å². The van der Waals surface area contributed by atoms with Crippen LogP contribution in [-0.2, 0) is 17.4 Å². The Kier molecular flexibility index (Phi) is 8.35. The summed E-state index contributed by atoms with van der Waals surface area (Å²) in [4.78, 5) is 18.0. The first-order chi connectivity index (χ1) is 19.9. The number of pyridine rings is 1. The van der Waals surface area contributed by atoms with E-state index < -0.39 is 16.9 Å². The monoisotopic (exact) mass is 566 g/mol. The summed E-state index contributed by atoms with van der Waals surface area (Å²) in [6.45, 7) is 1.95. The van der Waals surface area contributed by atoms with Gasteiger partial charge in [-0.3, -0.25) is 14.5 Å². The fourth-order valence-corrected chi connectivity index (χ4v) is 5.24. The molecular weight excluding hydrogens is 540 g/mol. The predicted molar refractivity (Wildman–Crippen MR) is 154 cm³/mol. The second-order valence-corrected chi connectivity index (χ2v) is 10.3. The Bertz CT molecular complexity index is 1690. The maximum atomic E-state index is 13.6. The number of aryl methyl sites for hydroxylation is 1. The van der Waals surface area contributed by atoms with Crippen molar-refractivity contribution in [3.63, 3.8) is 0 Å². The summed E-state index contributed by atoms with van der Waals surface area (Å²) in [6.07, 6.45) is 4.84. The van der Waals surface area contributed by atoms with Crippen LogP contribution < -0.4 is 14.2 Å². The van der Waals surface area contributed by atoms with E-state index in [2.05, 4.69) is 30.1 Å². The average molecular weight is 567 g/mol. The van der Waals surface area contributed by atoms with E-state index in [9.17, 15) is 9.00 Å². The molecule has 2 aromatic heterocycles. The van der Waals surface area contributed by atoms with E-state index in [4.69, 9.17) is 9.47 Å². The molecule has 11 heteroatoms. The Hall–Kier alpha value is -5.03. The van der Waals surface area contributed by atoms with Crippen LogP contribution >= 0.6 is 0 Å². The zero-order valence-corrected chi connectivity index (χ0v) is 23.4. The van der Waals surface area contributed by atoms with Crippen LogP contribution in [0.3, 0.4) is 0 Å². The van der Waals surface area contributed by atoms with Gasteiger partial charge in [-0.1, -0.05) is 42.0 Å². The molecule has 0 saturated heterocycles. The molecule has 0 fully saturated rings. The summed E-state index contributed by atoms with van der Waals surface area (Å²) in [5.74, 6) is 1.12. The van der Waals surface area contributed by atoms with E-state index in [0.717, 1.165) is 27.8 Å². The highest BCUT2D eigenvalue weighted by Gasteiger charge is 2.19. The van der Waals surface area contributed by atoms with Gasteiger partial charge in [-0.05, 0) is 54.3 Å². The highest BCUT2D eigenvalue weighted by molar-refractivity contribution is 7.83. The predicted octanol–water partition coefficient (Wildman–Crippen LogP) is 4.36. The molecule has 206 valence electrons. The number of rotatable bonds is 9. The van der Waals surface area contributed by atoms with Crippen LogP contribution in [-0.4, -0.2) is 49.7 Å². The molecule has 10 nitrogen and oxygen atoms in total. The van der Waals surface area contributed by atoms with Gasteiger partial charge >= 0.3 is 0 Å². The standard InChI is InChI=1S/C30H26N6O4S/c1-19-4-9-28(26(12-19)23-14-24(39-2)16-25(15-23)40-3)41(38)36-30(37)27-17-31-11-10-22(27)13-20-5-7-21(8-6-20)29-34-32-18-33-35-29/h4-12,14-18H,13H2,1-3H3,(H,36,37). The zero-order chi connectivity index (χ0) is 28.8. The lowest BCUT2D eigenvalue weighted by atomic mass is 10.0. The molecule has 0 radical (unpaired) electrons. The summed E-state index contributed by atoms with van der Waals surface area (Å²) in [5, 5.41) is 15.5. The first-order valence-electron chi connectivity index (χ1n) is 12.5. The third-order valence-corrected chi connectivity index (χ3v) is 7.48. The second-order valence-electron chi connectivity index (χ2n) is 9.08. The zero-order valence-electron chi connectivity index (χ0n) is 22.6. The number of methoxy groups -OCH3 is 2. The number of nitrogens with zero attached hydrogens (tertiary/aromatic N) is 5. The molecule has 0 aliphatic carbocycles. The first kappa shape index (κ1) is 27.5. The van der Waals surface area contributed by atoms with Gasteiger partial charge in [-0.25, -0.2) is 4.21 Å². The molecule has 1 atom stereocenters. The van der Waals surface area contributed by atoms with Gasteiger partial charge in [-0.15, -0.1) is 20.4 Å². The highest BCUT2D eigenvalue weighted by atomic mass is 32.2. The van der Waals surface area contributed by atoms with Crippen LogP contribution in [0.4, 0.5) is 0 Å². The second kappa shape index (κ2) is 12.4. The summed E-state index contributed by atoms with van der Waals surface area (Å²) in [7, 11) is 1.27. The minimum Gasteiger partial charge on any atom is -0.497 e. The number of aromatic nitrogens is 5. The number of nitrogens with one attached hydrogen (secondary N) is 1. The Morgan fingerprint density at radius 2 is 1.59 bits per heavy atom. The van der Waals surface area contributed by atoms with Crippen molar-refractivity contribution >= 4 is 16.9 Å². The molecule has 0 bridgehead atoms. The molecule has 0 saturated carbocycles. The van der Waals surface area contributed by atoms with Gasteiger partial charge < -0.3 is 9.47 Å². The van der Waals surface area contributed by atoms with Crippen LogP contribution in [0.1, 0.15) is 27.0 Å². The normalized spacial score (nSPS) is 11.5. The maximum absolute atomic E-state index is 13.6. The molecule has 0 aliphatic rings. The number of amides is 1. The van der Waals surface area contributed by atoms with Crippen molar-refractivity contribution in [3.8, 4) is 34.0 Å². The number of benzene rings is 3. The molecule has 5 aromatic rings. The summed E-state index contributed by atoms with van der Waals surface area (Å²) in [5.41, 5.74) is 5.23. The Labute approximate surface area is 239 Å². The summed E-state index contributed by atoms with van der Waals surface area (Å²) >= 11 is 0. The average Bonchev–Trinajstić information content (AvgIpc) is 3.01. The SMILES string of the molecule is COc1cc(OC)cc(-c2cc(C)ccc2S(=O)NC(=O)c2cnccc2Cc2ccc(-c3nncnn3)cc2)c1. The van der Waals surface area contributed by atoms with Crippen molar-refractivity contribution in [2.75, 3.05) is 14.2 Å². The molecule has 3 aromatic carbocycles. The van der Waals surface area contributed by atoms with Gasteiger partial charge in [0.15, 0.2) is 17.3 Å². The van der Waals surface area contributed by atoms with E-state index in [1.807, 2.05) is 55.5 Å². The lowest BCUT2D eigenvalue weighted by molar-refractivity contribution is 0.0981. The van der Waals surface area contributed by atoms with Gasteiger partial charge in [0.2, 0.25) is 5.82 Å².